The van der Waals surface area contributed by atoms with Gasteiger partial charge in [-0.05, 0) is 25.3 Å². The summed E-state index contributed by atoms with van der Waals surface area (Å²) >= 11 is 1.84. The van der Waals surface area contributed by atoms with E-state index in [-0.39, 0.29) is 12.0 Å². The highest BCUT2D eigenvalue weighted by Crippen LogP contribution is 2.29. The number of hydrogen-bond acceptors (Lipinski definition) is 4. The summed E-state index contributed by atoms with van der Waals surface area (Å²) in [5, 5.41) is 0.704. The fourth-order valence-electron chi connectivity index (χ4n) is 3.08. The third-order valence-corrected chi connectivity index (χ3v) is 5.77. The molecule has 0 unspecified atom stereocenters. The summed E-state index contributed by atoms with van der Waals surface area (Å²) in [6, 6.07) is 3.90. The van der Waals surface area contributed by atoms with Crippen molar-refractivity contribution in [1.82, 2.24) is 9.88 Å². The number of ether oxygens (including phenoxy) is 1. The van der Waals surface area contributed by atoms with E-state index in [1.54, 1.807) is 0 Å². The molecule has 1 aromatic rings. The highest BCUT2D eigenvalue weighted by atomic mass is 32.2. The number of aryl methyl sites for hydroxylation is 1. The minimum atomic E-state index is 0.0793. The lowest BCUT2D eigenvalue weighted by molar-refractivity contribution is -0.127. The number of aromatic nitrogens is 1. The monoisotopic (exact) mass is 320 g/mol. The summed E-state index contributed by atoms with van der Waals surface area (Å²) in [4.78, 5) is 18.5. The predicted octanol–water partition coefficient (Wildman–Crippen LogP) is 3.05. The first kappa shape index (κ1) is 15.7. The van der Waals surface area contributed by atoms with Gasteiger partial charge >= 0.3 is 0 Å². The van der Waals surface area contributed by atoms with Crippen LogP contribution in [0.5, 0.6) is 5.88 Å². The third-order valence-electron chi connectivity index (χ3n) is 4.41. The second-order valence-electron chi connectivity index (χ2n) is 6.26. The van der Waals surface area contributed by atoms with Crippen LogP contribution >= 0.6 is 11.8 Å². The van der Waals surface area contributed by atoms with Gasteiger partial charge in [0.25, 0.3) is 0 Å². The molecule has 0 radical (unpaired) electrons. The Kier molecular flexibility index (Phi) is 5.24. The van der Waals surface area contributed by atoms with E-state index in [1.807, 2.05) is 41.9 Å². The Morgan fingerprint density at radius 2 is 2.18 bits per heavy atom. The number of thioether (sulfide) groups is 1. The molecular weight excluding hydrogens is 296 g/mol. The molecule has 1 aromatic heterocycles. The number of likely N-dealkylation sites (tertiary alicyclic amines) is 1. The molecule has 1 saturated heterocycles. The van der Waals surface area contributed by atoms with Crippen molar-refractivity contribution in [3.8, 4) is 5.88 Å². The smallest absolute Gasteiger partial charge is 0.232 e. The Balaban J connectivity index is 1.42. The number of nitrogens with zero attached hydrogens (tertiary/aromatic N) is 2. The highest BCUT2D eigenvalue weighted by Gasteiger charge is 2.28. The molecule has 1 amide bonds. The zero-order valence-corrected chi connectivity index (χ0v) is 14.0. The Labute approximate surface area is 136 Å². The van der Waals surface area contributed by atoms with E-state index < -0.39 is 0 Å². The molecule has 0 bridgehead atoms. The molecule has 0 spiro atoms. The van der Waals surface area contributed by atoms with Gasteiger partial charge in [-0.25, -0.2) is 4.98 Å². The van der Waals surface area contributed by atoms with Crippen LogP contribution in [0.4, 0.5) is 0 Å². The summed E-state index contributed by atoms with van der Waals surface area (Å²) in [6.45, 7) is 3.51. The van der Waals surface area contributed by atoms with Crippen molar-refractivity contribution in [1.29, 1.82) is 0 Å². The molecule has 3 rings (SSSR count). The SMILES string of the molecule is Cc1ccc(O[C@@H]2CCN(C(=O)CSC3CCCC3)C2)nc1. The number of hydrogen-bond donors (Lipinski definition) is 0. The van der Waals surface area contributed by atoms with Crippen LogP contribution in [0.2, 0.25) is 0 Å². The lowest BCUT2D eigenvalue weighted by Crippen LogP contribution is -2.32. The van der Waals surface area contributed by atoms with Crippen LogP contribution < -0.4 is 4.74 Å². The van der Waals surface area contributed by atoms with Gasteiger partial charge in [0.1, 0.15) is 6.10 Å². The summed E-state index contributed by atoms with van der Waals surface area (Å²) in [5.41, 5.74) is 1.12. The van der Waals surface area contributed by atoms with Crippen molar-refractivity contribution in [2.45, 2.75) is 50.4 Å². The van der Waals surface area contributed by atoms with Gasteiger partial charge in [0, 0.05) is 30.5 Å². The maximum Gasteiger partial charge on any atom is 0.232 e. The largest absolute Gasteiger partial charge is 0.472 e. The first-order valence-corrected chi connectivity index (χ1v) is 9.24. The van der Waals surface area contributed by atoms with Crippen molar-refractivity contribution >= 4 is 17.7 Å². The molecule has 22 heavy (non-hydrogen) atoms. The van der Waals surface area contributed by atoms with Crippen molar-refractivity contribution in [2.75, 3.05) is 18.8 Å². The number of pyridine rings is 1. The van der Waals surface area contributed by atoms with Gasteiger partial charge in [-0.1, -0.05) is 18.9 Å². The molecule has 5 heteroatoms. The molecule has 1 saturated carbocycles. The number of carbonyl (C=O) groups excluding carboxylic acids is 1. The lowest BCUT2D eigenvalue weighted by Gasteiger charge is -2.18. The van der Waals surface area contributed by atoms with E-state index in [1.165, 1.54) is 25.7 Å². The van der Waals surface area contributed by atoms with Crippen LogP contribution in [-0.2, 0) is 4.79 Å². The van der Waals surface area contributed by atoms with Gasteiger partial charge in [0.15, 0.2) is 0 Å². The Bertz CT molecular complexity index is 500. The number of amides is 1. The minimum absolute atomic E-state index is 0.0793. The third kappa shape index (κ3) is 4.15. The van der Waals surface area contributed by atoms with Gasteiger partial charge in [0.05, 0.1) is 12.3 Å². The molecule has 1 aliphatic heterocycles. The molecule has 1 atom stereocenters. The van der Waals surface area contributed by atoms with Crippen molar-refractivity contribution in [3.63, 3.8) is 0 Å². The molecule has 0 N–H and O–H groups in total. The Hall–Kier alpha value is -1.23. The zero-order valence-electron chi connectivity index (χ0n) is 13.2. The van der Waals surface area contributed by atoms with Crippen LogP contribution in [0.15, 0.2) is 18.3 Å². The second kappa shape index (κ2) is 7.36. The lowest BCUT2D eigenvalue weighted by atomic mass is 10.3. The van der Waals surface area contributed by atoms with E-state index >= 15 is 0 Å². The van der Waals surface area contributed by atoms with Gasteiger partial charge in [-0.3, -0.25) is 4.79 Å². The van der Waals surface area contributed by atoms with Crippen LogP contribution in [0.25, 0.3) is 0 Å². The number of carbonyl (C=O) groups is 1. The summed E-state index contributed by atoms with van der Waals surface area (Å²) in [5.74, 6) is 1.55. The predicted molar refractivity (Wildman–Crippen MR) is 89.3 cm³/mol. The van der Waals surface area contributed by atoms with Crippen LogP contribution in [0.3, 0.4) is 0 Å². The van der Waals surface area contributed by atoms with E-state index in [0.717, 1.165) is 18.5 Å². The molecule has 2 heterocycles. The van der Waals surface area contributed by atoms with Crippen molar-refractivity contribution < 1.29 is 9.53 Å². The topological polar surface area (TPSA) is 42.4 Å². The molecule has 4 nitrogen and oxygen atoms in total. The Morgan fingerprint density at radius 3 is 2.91 bits per heavy atom. The summed E-state index contributed by atoms with van der Waals surface area (Å²) < 4.78 is 5.88. The average molecular weight is 320 g/mol. The van der Waals surface area contributed by atoms with E-state index in [4.69, 9.17) is 4.74 Å². The fourth-order valence-corrected chi connectivity index (χ4v) is 4.31. The van der Waals surface area contributed by atoms with Gasteiger partial charge < -0.3 is 9.64 Å². The second-order valence-corrected chi connectivity index (χ2v) is 7.55. The van der Waals surface area contributed by atoms with Crippen LogP contribution in [-0.4, -0.2) is 46.0 Å². The van der Waals surface area contributed by atoms with Gasteiger partial charge in [-0.2, -0.15) is 0 Å². The molecule has 0 aromatic carbocycles. The summed E-state index contributed by atoms with van der Waals surface area (Å²) in [6.07, 6.45) is 8.01. The van der Waals surface area contributed by atoms with Crippen LogP contribution in [0, 0.1) is 6.92 Å². The number of rotatable bonds is 5. The van der Waals surface area contributed by atoms with Crippen molar-refractivity contribution in [3.05, 3.63) is 23.9 Å². The average Bonchev–Trinajstić information content (AvgIpc) is 3.19. The minimum Gasteiger partial charge on any atom is -0.472 e. The van der Waals surface area contributed by atoms with E-state index in [0.29, 0.717) is 23.4 Å². The Morgan fingerprint density at radius 1 is 1.36 bits per heavy atom. The summed E-state index contributed by atoms with van der Waals surface area (Å²) in [7, 11) is 0. The maximum absolute atomic E-state index is 12.3. The van der Waals surface area contributed by atoms with Crippen molar-refractivity contribution in [2.24, 2.45) is 0 Å². The molecule has 1 aliphatic carbocycles. The quantitative estimate of drug-likeness (QED) is 0.836. The standard InChI is InChI=1S/C17H24N2O2S/c1-13-6-7-16(18-10-13)21-14-8-9-19(11-14)17(20)12-22-15-4-2-3-5-15/h6-7,10,14-15H,2-5,8-9,11-12H2,1H3/t14-/m1/s1. The van der Waals surface area contributed by atoms with Crippen LogP contribution in [0.1, 0.15) is 37.7 Å². The molecule has 120 valence electrons. The molecular formula is C17H24N2O2S. The van der Waals surface area contributed by atoms with E-state index in [2.05, 4.69) is 4.98 Å². The highest BCUT2D eigenvalue weighted by molar-refractivity contribution is 8.00. The van der Waals surface area contributed by atoms with Gasteiger partial charge in [-0.15, -0.1) is 11.8 Å². The molecule has 2 fully saturated rings. The zero-order chi connectivity index (χ0) is 15.4. The fraction of sp³-hybridized carbons (Fsp3) is 0.647. The first-order chi connectivity index (χ1) is 10.7. The maximum atomic E-state index is 12.3. The normalized spacial score (nSPS) is 22.2. The first-order valence-electron chi connectivity index (χ1n) is 8.19. The van der Waals surface area contributed by atoms with Gasteiger partial charge in [0.2, 0.25) is 11.8 Å². The molecule has 2 aliphatic rings. The van der Waals surface area contributed by atoms with E-state index in [9.17, 15) is 4.79 Å².